The third-order valence-electron chi connectivity index (χ3n) is 2.63. The Hall–Kier alpha value is -1.75. The van der Waals surface area contributed by atoms with E-state index in [0.717, 1.165) is 5.56 Å². The fourth-order valence-corrected chi connectivity index (χ4v) is 2.01. The van der Waals surface area contributed by atoms with Gasteiger partial charge in [0, 0.05) is 16.6 Å². The molecule has 0 atom stereocenters. The Labute approximate surface area is 117 Å². The predicted octanol–water partition coefficient (Wildman–Crippen LogP) is 2.25. The first-order valence-corrected chi connectivity index (χ1v) is 6.27. The van der Waals surface area contributed by atoms with Gasteiger partial charge in [-0.25, -0.2) is 0 Å². The predicted molar refractivity (Wildman–Crippen MR) is 75.8 cm³/mol. The van der Waals surface area contributed by atoms with Crippen LogP contribution in [0.5, 0.6) is 0 Å². The number of amides is 1. The number of halogens is 1. The number of carbonyl (C=O) groups is 1. The number of hydrogen-bond acceptors (Lipinski definition) is 3. The molecule has 0 bridgehead atoms. The molecule has 5 nitrogen and oxygen atoms in total. The van der Waals surface area contributed by atoms with Crippen LogP contribution in [0.4, 0.5) is 0 Å². The molecule has 0 heterocycles. The van der Waals surface area contributed by atoms with E-state index in [1.807, 2.05) is 20.8 Å². The Kier molecular flexibility index (Phi) is 5.18. The van der Waals surface area contributed by atoms with Crippen molar-refractivity contribution in [3.8, 4) is 0 Å². The van der Waals surface area contributed by atoms with Crippen LogP contribution >= 0.6 is 11.6 Å². The van der Waals surface area contributed by atoms with Gasteiger partial charge in [0.1, 0.15) is 0 Å². The van der Waals surface area contributed by atoms with Gasteiger partial charge < -0.3 is 15.8 Å². The van der Waals surface area contributed by atoms with E-state index in [1.54, 1.807) is 18.2 Å². The van der Waals surface area contributed by atoms with E-state index >= 15 is 0 Å². The number of oxime groups is 1. The molecule has 3 N–H and O–H groups in total. The fraction of sp³-hybridized carbons (Fsp3) is 0.385. The minimum atomic E-state index is -0.202. The Morgan fingerprint density at radius 3 is 2.58 bits per heavy atom. The highest BCUT2D eigenvalue weighted by Gasteiger charge is 2.20. The zero-order chi connectivity index (χ0) is 14.6. The maximum absolute atomic E-state index is 12.4. The second-order valence-electron chi connectivity index (χ2n) is 4.64. The lowest BCUT2D eigenvalue weighted by molar-refractivity contribution is 0.0734. The van der Waals surface area contributed by atoms with Crippen LogP contribution in [-0.4, -0.2) is 34.4 Å². The Balaban J connectivity index is 3.05. The Morgan fingerprint density at radius 1 is 1.47 bits per heavy atom. The first-order valence-electron chi connectivity index (χ1n) is 5.89. The molecule has 0 saturated carbocycles. The van der Waals surface area contributed by atoms with Gasteiger partial charge in [-0.2, -0.15) is 0 Å². The van der Waals surface area contributed by atoms with Crippen molar-refractivity contribution in [2.75, 3.05) is 6.54 Å². The maximum Gasteiger partial charge on any atom is 0.254 e. The third kappa shape index (κ3) is 4.13. The van der Waals surface area contributed by atoms with Crippen LogP contribution in [0.3, 0.4) is 0 Å². The number of hydrogen-bond donors (Lipinski definition) is 2. The van der Waals surface area contributed by atoms with Gasteiger partial charge in [-0.05, 0) is 44.5 Å². The largest absolute Gasteiger partial charge is 0.409 e. The average molecular weight is 284 g/mol. The van der Waals surface area contributed by atoms with E-state index in [4.69, 9.17) is 22.5 Å². The van der Waals surface area contributed by atoms with E-state index in [2.05, 4.69) is 5.16 Å². The van der Waals surface area contributed by atoms with Gasteiger partial charge in [0.05, 0.1) is 6.54 Å². The van der Waals surface area contributed by atoms with E-state index in [9.17, 15) is 4.79 Å². The summed E-state index contributed by atoms with van der Waals surface area (Å²) in [7, 11) is 0. The lowest BCUT2D eigenvalue weighted by atomic mass is 10.1. The molecule has 0 aromatic heterocycles. The first kappa shape index (κ1) is 15.3. The van der Waals surface area contributed by atoms with Crippen LogP contribution in [-0.2, 0) is 0 Å². The molecule has 6 heteroatoms. The van der Waals surface area contributed by atoms with Gasteiger partial charge in [-0.15, -0.1) is 0 Å². The highest BCUT2D eigenvalue weighted by atomic mass is 35.5. The topological polar surface area (TPSA) is 78.9 Å². The van der Waals surface area contributed by atoms with Crippen LogP contribution in [0.1, 0.15) is 29.8 Å². The second kappa shape index (κ2) is 6.43. The summed E-state index contributed by atoms with van der Waals surface area (Å²) in [5.74, 6) is -0.215. The molecule has 104 valence electrons. The molecule has 1 aromatic carbocycles. The first-order chi connectivity index (χ1) is 8.85. The summed E-state index contributed by atoms with van der Waals surface area (Å²) in [6, 6.07) is 5.07. The molecule has 1 aromatic rings. The smallest absolute Gasteiger partial charge is 0.254 e. The van der Waals surface area contributed by atoms with Crippen LogP contribution in [0, 0.1) is 6.92 Å². The summed E-state index contributed by atoms with van der Waals surface area (Å²) < 4.78 is 0. The van der Waals surface area contributed by atoms with Gasteiger partial charge in [0.25, 0.3) is 5.91 Å². The quantitative estimate of drug-likeness (QED) is 0.385. The van der Waals surface area contributed by atoms with E-state index in [0.29, 0.717) is 10.6 Å². The molecule has 0 aliphatic heterocycles. The average Bonchev–Trinajstić information content (AvgIpc) is 2.33. The Bertz CT molecular complexity index is 480. The summed E-state index contributed by atoms with van der Waals surface area (Å²) >= 11 is 5.95. The summed E-state index contributed by atoms with van der Waals surface area (Å²) in [6.45, 7) is 5.66. The summed E-state index contributed by atoms with van der Waals surface area (Å²) in [5, 5.41) is 12.0. The molecule has 0 fully saturated rings. The van der Waals surface area contributed by atoms with Gasteiger partial charge in [0.15, 0.2) is 5.84 Å². The lowest BCUT2D eigenvalue weighted by Crippen LogP contribution is -2.42. The fourth-order valence-electron chi connectivity index (χ4n) is 1.72. The van der Waals surface area contributed by atoms with E-state index in [1.165, 1.54) is 4.90 Å². The van der Waals surface area contributed by atoms with Crippen molar-refractivity contribution >= 4 is 23.3 Å². The monoisotopic (exact) mass is 283 g/mol. The molecule has 0 radical (unpaired) electrons. The maximum atomic E-state index is 12.4. The minimum Gasteiger partial charge on any atom is -0.409 e. The van der Waals surface area contributed by atoms with Gasteiger partial charge >= 0.3 is 0 Å². The van der Waals surface area contributed by atoms with E-state index < -0.39 is 0 Å². The molecular weight excluding hydrogens is 266 g/mol. The Morgan fingerprint density at radius 2 is 2.11 bits per heavy atom. The van der Waals surface area contributed by atoms with Crippen molar-refractivity contribution in [3.63, 3.8) is 0 Å². The van der Waals surface area contributed by atoms with Crippen molar-refractivity contribution in [3.05, 3.63) is 34.3 Å². The number of nitrogens with two attached hydrogens (primary N) is 1. The van der Waals surface area contributed by atoms with Gasteiger partial charge in [-0.3, -0.25) is 4.79 Å². The number of amidine groups is 1. The normalized spacial score (nSPS) is 11.7. The van der Waals surface area contributed by atoms with Gasteiger partial charge in [-0.1, -0.05) is 16.8 Å². The highest BCUT2D eigenvalue weighted by Crippen LogP contribution is 2.17. The standard InChI is InChI=1S/C13H18ClN3O2/c1-8(2)17(7-12(15)16-19)13(18)10-4-9(3)5-11(14)6-10/h4-6,8,19H,7H2,1-3H3,(H2,15,16). The molecule has 19 heavy (non-hydrogen) atoms. The van der Waals surface area contributed by atoms with Crippen LogP contribution in [0.2, 0.25) is 5.02 Å². The van der Waals surface area contributed by atoms with Crippen molar-refractivity contribution in [1.82, 2.24) is 4.90 Å². The molecular formula is C13H18ClN3O2. The second-order valence-corrected chi connectivity index (χ2v) is 5.07. The van der Waals surface area contributed by atoms with Crippen molar-refractivity contribution < 1.29 is 10.0 Å². The van der Waals surface area contributed by atoms with Crippen molar-refractivity contribution in [2.24, 2.45) is 10.9 Å². The van der Waals surface area contributed by atoms with Crippen LogP contribution in [0.15, 0.2) is 23.4 Å². The number of aryl methyl sites for hydroxylation is 1. The molecule has 0 spiro atoms. The molecule has 1 amide bonds. The molecule has 0 aliphatic rings. The summed E-state index contributed by atoms with van der Waals surface area (Å²) in [5.41, 5.74) is 6.86. The van der Waals surface area contributed by atoms with Crippen molar-refractivity contribution in [2.45, 2.75) is 26.8 Å². The molecule has 0 unspecified atom stereocenters. The summed E-state index contributed by atoms with van der Waals surface area (Å²) in [6.07, 6.45) is 0. The zero-order valence-electron chi connectivity index (χ0n) is 11.2. The molecule has 1 rings (SSSR count). The lowest BCUT2D eigenvalue weighted by Gasteiger charge is -2.26. The number of rotatable bonds is 4. The van der Waals surface area contributed by atoms with E-state index in [-0.39, 0.29) is 24.3 Å². The minimum absolute atomic E-state index is 0.0131. The zero-order valence-corrected chi connectivity index (χ0v) is 12.0. The molecule has 0 saturated heterocycles. The summed E-state index contributed by atoms with van der Waals surface area (Å²) in [4.78, 5) is 13.9. The number of benzene rings is 1. The number of carbonyl (C=O) groups excluding carboxylic acids is 1. The number of nitrogens with zero attached hydrogens (tertiary/aromatic N) is 2. The van der Waals surface area contributed by atoms with Crippen molar-refractivity contribution in [1.29, 1.82) is 0 Å². The highest BCUT2D eigenvalue weighted by molar-refractivity contribution is 6.31. The SMILES string of the molecule is Cc1cc(Cl)cc(C(=O)N(C/C(N)=N/O)C(C)C)c1. The molecule has 0 aliphatic carbocycles. The van der Waals surface area contributed by atoms with Crippen LogP contribution < -0.4 is 5.73 Å². The van der Waals surface area contributed by atoms with Crippen LogP contribution in [0.25, 0.3) is 0 Å². The van der Waals surface area contributed by atoms with Gasteiger partial charge in [0.2, 0.25) is 0 Å². The third-order valence-corrected chi connectivity index (χ3v) is 2.85.